The first-order chi connectivity index (χ1) is 11.2. The Morgan fingerprint density at radius 1 is 1.09 bits per heavy atom. The molecule has 2 aliphatic heterocycles. The quantitative estimate of drug-likeness (QED) is 0.813. The van der Waals surface area contributed by atoms with Gasteiger partial charge in [0.2, 0.25) is 12.7 Å². The molecule has 3 rings (SSSR count). The van der Waals surface area contributed by atoms with Gasteiger partial charge in [0.15, 0.2) is 11.5 Å². The van der Waals surface area contributed by atoms with Gasteiger partial charge < -0.3 is 19.3 Å². The summed E-state index contributed by atoms with van der Waals surface area (Å²) in [5, 5.41) is 8.62. The van der Waals surface area contributed by atoms with Crippen molar-refractivity contribution in [3.8, 4) is 17.6 Å². The van der Waals surface area contributed by atoms with Gasteiger partial charge in [0.1, 0.15) is 6.42 Å². The zero-order chi connectivity index (χ0) is 16.2. The van der Waals surface area contributed by atoms with E-state index in [0.717, 1.165) is 0 Å². The number of nitriles is 1. The van der Waals surface area contributed by atoms with Crippen molar-refractivity contribution in [3.05, 3.63) is 23.8 Å². The SMILES string of the molecule is N#CCC(=O)N1CCCN(C(=O)c2ccc3c(c2)OCO3)CC1. The molecule has 23 heavy (non-hydrogen) atoms. The highest BCUT2D eigenvalue weighted by Gasteiger charge is 2.24. The molecule has 0 aliphatic carbocycles. The number of carbonyl (C=O) groups excluding carboxylic acids is 2. The number of benzene rings is 1. The Hall–Kier alpha value is -2.75. The van der Waals surface area contributed by atoms with Crippen molar-refractivity contribution in [3.63, 3.8) is 0 Å². The lowest BCUT2D eigenvalue weighted by molar-refractivity contribution is -0.130. The molecule has 1 fully saturated rings. The smallest absolute Gasteiger partial charge is 0.254 e. The van der Waals surface area contributed by atoms with Crippen LogP contribution in [0.5, 0.6) is 11.5 Å². The van der Waals surface area contributed by atoms with Gasteiger partial charge in [0.25, 0.3) is 5.91 Å². The highest BCUT2D eigenvalue weighted by Crippen LogP contribution is 2.32. The van der Waals surface area contributed by atoms with Gasteiger partial charge in [-0.25, -0.2) is 0 Å². The number of rotatable bonds is 2. The number of carbonyl (C=O) groups is 2. The largest absolute Gasteiger partial charge is 0.454 e. The molecule has 0 N–H and O–H groups in total. The number of hydrogen-bond acceptors (Lipinski definition) is 5. The maximum Gasteiger partial charge on any atom is 0.254 e. The molecule has 1 aromatic carbocycles. The molecule has 0 aromatic heterocycles. The van der Waals surface area contributed by atoms with Gasteiger partial charge in [-0.05, 0) is 24.6 Å². The van der Waals surface area contributed by atoms with E-state index in [2.05, 4.69) is 0 Å². The lowest BCUT2D eigenvalue weighted by Gasteiger charge is -2.21. The summed E-state index contributed by atoms with van der Waals surface area (Å²) < 4.78 is 10.5. The van der Waals surface area contributed by atoms with E-state index in [0.29, 0.717) is 49.7 Å². The second-order valence-electron chi connectivity index (χ2n) is 5.43. The van der Waals surface area contributed by atoms with E-state index in [-0.39, 0.29) is 25.0 Å². The first-order valence-corrected chi connectivity index (χ1v) is 7.52. The van der Waals surface area contributed by atoms with E-state index in [4.69, 9.17) is 14.7 Å². The maximum absolute atomic E-state index is 12.6. The molecule has 0 radical (unpaired) electrons. The minimum atomic E-state index is -0.176. The summed E-state index contributed by atoms with van der Waals surface area (Å²) in [6.45, 7) is 2.25. The van der Waals surface area contributed by atoms with Gasteiger partial charge >= 0.3 is 0 Å². The number of fused-ring (bicyclic) bond motifs is 1. The van der Waals surface area contributed by atoms with Gasteiger partial charge in [-0.3, -0.25) is 9.59 Å². The molecule has 1 aromatic rings. The molecule has 1 saturated heterocycles. The van der Waals surface area contributed by atoms with Crippen molar-refractivity contribution in [1.29, 1.82) is 5.26 Å². The van der Waals surface area contributed by atoms with Crippen LogP contribution in [-0.4, -0.2) is 54.6 Å². The lowest BCUT2D eigenvalue weighted by atomic mass is 10.1. The maximum atomic E-state index is 12.6. The predicted molar refractivity (Wildman–Crippen MR) is 79.9 cm³/mol. The van der Waals surface area contributed by atoms with Crippen LogP contribution in [0.4, 0.5) is 0 Å². The molecule has 2 amide bonds. The monoisotopic (exact) mass is 315 g/mol. The number of ether oxygens (including phenoxy) is 2. The number of hydrogen-bond donors (Lipinski definition) is 0. The first-order valence-electron chi connectivity index (χ1n) is 7.52. The Kier molecular flexibility index (Phi) is 4.33. The van der Waals surface area contributed by atoms with Crippen molar-refractivity contribution < 1.29 is 19.1 Å². The lowest BCUT2D eigenvalue weighted by Crippen LogP contribution is -2.37. The second-order valence-corrected chi connectivity index (χ2v) is 5.43. The van der Waals surface area contributed by atoms with Gasteiger partial charge in [0.05, 0.1) is 6.07 Å². The number of amides is 2. The average molecular weight is 315 g/mol. The Morgan fingerprint density at radius 3 is 2.65 bits per heavy atom. The molecule has 0 spiro atoms. The van der Waals surface area contributed by atoms with Crippen LogP contribution in [0.1, 0.15) is 23.2 Å². The molecule has 2 aliphatic rings. The van der Waals surface area contributed by atoms with Crippen LogP contribution in [0.25, 0.3) is 0 Å². The van der Waals surface area contributed by atoms with Crippen LogP contribution in [0.3, 0.4) is 0 Å². The van der Waals surface area contributed by atoms with Crippen LogP contribution >= 0.6 is 0 Å². The van der Waals surface area contributed by atoms with Crippen molar-refractivity contribution in [1.82, 2.24) is 9.80 Å². The molecular formula is C16H17N3O4. The minimum Gasteiger partial charge on any atom is -0.454 e. The molecule has 7 nitrogen and oxygen atoms in total. The molecule has 0 bridgehead atoms. The fourth-order valence-electron chi connectivity index (χ4n) is 2.76. The Labute approximate surface area is 134 Å². The van der Waals surface area contributed by atoms with Crippen LogP contribution in [0.15, 0.2) is 18.2 Å². The predicted octanol–water partition coefficient (Wildman–Crippen LogP) is 1.00. The van der Waals surface area contributed by atoms with Crippen molar-refractivity contribution in [2.24, 2.45) is 0 Å². The average Bonchev–Trinajstić information content (AvgIpc) is 2.88. The molecule has 0 saturated carbocycles. The van der Waals surface area contributed by atoms with Crippen LogP contribution in [-0.2, 0) is 4.79 Å². The van der Waals surface area contributed by atoms with Crippen molar-refractivity contribution >= 4 is 11.8 Å². The Morgan fingerprint density at radius 2 is 1.83 bits per heavy atom. The van der Waals surface area contributed by atoms with Gasteiger partial charge in [-0.2, -0.15) is 5.26 Å². The summed E-state index contributed by atoms with van der Waals surface area (Å²) in [6.07, 6.45) is 0.587. The van der Waals surface area contributed by atoms with Crippen LogP contribution < -0.4 is 9.47 Å². The van der Waals surface area contributed by atoms with Gasteiger partial charge in [0, 0.05) is 31.7 Å². The van der Waals surface area contributed by atoms with Crippen LogP contribution in [0, 0.1) is 11.3 Å². The second kappa shape index (κ2) is 6.57. The minimum absolute atomic E-state index is 0.0853. The normalized spacial score (nSPS) is 16.7. The summed E-state index contributed by atoms with van der Waals surface area (Å²) in [5.74, 6) is 0.963. The Bertz CT molecular complexity index is 668. The molecule has 120 valence electrons. The molecule has 0 unspecified atom stereocenters. The fraction of sp³-hybridized carbons (Fsp3) is 0.438. The van der Waals surface area contributed by atoms with E-state index in [1.807, 2.05) is 6.07 Å². The summed E-state index contributed by atoms with van der Waals surface area (Å²) in [5.41, 5.74) is 0.547. The summed E-state index contributed by atoms with van der Waals surface area (Å²) in [6, 6.07) is 7.01. The van der Waals surface area contributed by atoms with Crippen molar-refractivity contribution in [2.75, 3.05) is 33.0 Å². The zero-order valence-corrected chi connectivity index (χ0v) is 12.7. The van der Waals surface area contributed by atoms with E-state index < -0.39 is 0 Å². The topological polar surface area (TPSA) is 82.9 Å². The third-order valence-electron chi connectivity index (χ3n) is 3.99. The highest BCUT2D eigenvalue weighted by molar-refractivity contribution is 5.95. The molecular weight excluding hydrogens is 298 g/mol. The standard InChI is InChI=1S/C16H17N3O4/c17-5-4-15(20)18-6-1-7-19(9-8-18)16(21)12-2-3-13-14(10-12)23-11-22-13/h2-3,10H,1,4,6-9,11H2. The summed E-state index contributed by atoms with van der Waals surface area (Å²) in [7, 11) is 0. The van der Waals surface area contributed by atoms with Crippen LogP contribution in [0.2, 0.25) is 0 Å². The number of nitrogens with zero attached hydrogens (tertiary/aromatic N) is 3. The van der Waals surface area contributed by atoms with Crippen molar-refractivity contribution in [2.45, 2.75) is 12.8 Å². The fourth-order valence-corrected chi connectivity index (χ4v) is 2.76. The third kappa shape index (κ3) is 3.21. The van der Waals surface area contributed by atoms with Gasteiger partial charge in [-0.15, -0.1) is 0 Å². The highest BCUT2D eigenvalue weighted by atomic mass is 16.7. The molecule has 2 heterocycles. The molecule has 7 heteroatoms. The third-order valence-corrected chi connectivity index (χ3v) is 3.99. The Balaban J connectivity index is 1.66. The van der Waals surface area contributed by atoms with E-state index in [9.17, 15) is 9.59 Å². The summed E-state index contributed by atoms with van der Waals surface area (Å²) in [4.78, 5) is 27.8. The molecule has 0 atom stereocenters. The first kappa shape index (κ1) is 15.2. The summed E-state index contributed by atoms with van der Waals surface area (Å²) >= 11 is 0. The van der Waals surface area contributed by atoms with E-state index in [1.165, 1.54) is 0 Å². The zero-order valence-electron chi connectivity index (χ0n) is 12.7. The van der Waals surface area contributed by atoms with Gasteiger partial charge in [-0.1, -0.05) is 0 Å². The van der Waals surface area contributed by atoms with E-state index >= 15 is 0 Å². The van der Waals surface area contributed by atoms with E-state index in [1.54, 1.807) is 28.0 Å².